The highest BCUT2D eigenvalue weighted by molar-refractivity contribution is 7.90. The molecule has 0 unspecified atom stereocenters. The molecule has 1 amide bonds. The third-order valence-corrected chi connectivity index (χ3v) is 6.29. The lowest BCUT2D eigenvalue weighted by molar-refractivity contribution is 0.0952. The van der Waals surface area contributed by atoms with Gasteiger partial charge in [-0.05, 0) is 66.9 Å². The van der Waals surface area contributed by atoms with Crippen molar-refractivity contribution in [1.29, 1.82) is 0 Å². The van der Waals surface area contributed by atoms with E-state index in [2.05, 4.69) is 5.32 Å². The van der Waals surface area contributed by atoms with E-state index < -0.39 is 9.84 Å². The van der Waals surface area contributed by atoms with Crippen LogP contribution in [0.3, 0.4) is 0 Å². The average Bonchev–Trinajstić information content (AvgIpc) is 2.77. The van der Waals surface area contributed by atoms with Crippen LogP contribution in [-0.2, 0) is 15.6 Å². The van der Waals surface area contributed by atoms with E-state index in [4.69, 9.17) is 4.74 Å². The summed E-state index contributed by atoms with van der Waals surface area (Å²) < 4.78 is 43.5. The van der Waals surface area contributed by atoms with Crippen molar-refractivity contribution < 1.29 is 22.3 Å². The number of unbranched alkanes of at least 4 members (excludes halogenated alkanes) is 1. The van der Waals surface area contributed by atoms with Crippen molar-refractivity contribution in [3.8, 4) is 5.75 Å². The van der Waals surface area contributed by atoms with E-state index in [0.29, 0.717) is 30.0 Å². The van der Waals surface area contributed by atoms with Crippen LogP contribution < -0.4 is 10.1 Å². The fourth-order valence-electron chi connectivity index (χ4n) is 2.98. The summed E-state index contributed by atoms with van der Waals surface area (Å²) in [5.74, 6) is -0.123. The van der Waals surface area contributed by atoms with Gasteiger partial charge in [-0.1, -0.05) is 30.3 Å². The molecule has 0 aliphatic rings. The van der Waals surface area contributed by atoms with Crippen LogP contribution in [0.5, 0.6) is 5.75 Å². The second-order valence-electron chi connectivity index (χ2n) is 7.04. The number of nitrogens with one attached hydrogen (secondary N) is 1. The summed E-state index contributed by atoms with van der Waals surface area (Å²) in [4.78, 5) is 12.6. The first-order chi connectivity index (χ1) is 14.9. The first-order valence-corrected chi connectivity index (χ1v) is 11.6. The van der Waals surface area contributed by atoms with Gasteiger partial charge in [0.25, 0.3) is 5.91 Å². The van der Waals surface area contributed by atoms with Gasteiger partial charge in [-0.2, -0.15) is 0 Å². The van der Waals surface area contributed by atoms with Gasteiger partial charge in [0, 0.05) is 12.1 Å². The van der Waals surface area contributed by atoms with Crippen LogP contribution in [0, 0.1) is 5.82 Å². The number of carbonyl (C=O) groups is 1. The highest BCUT2D eigenvalue weighted by atomic mass is 32.2. The lowest BCUT2D eigenvalue weighted by Crippen LogP contribution is -2.24. The molecule has 0 aliphatic heterocycles. The molecule has 0 heterocycles. The number of sulfone groups is 1. The molecular weight excluding hydrogens is 417 g/mol. The van der Waals surface area contributed by atoms with E-state index in [1.807, 2.05) is 0 Å². The van der Waals surface area contributed by atoms with Gasteiger partial charge in [0.1, 0.15) is 11.6 Å². The zero-order valence-electron chi connectivity index (χ0n) is 17.0. The molecule has 0 bridgehead atoms. The number of ether oxygens (including phenoxy) is 1. The van der Waals surface area contributed by atoms with Gasteiger partial charge in [0.15, 0.2) is 9.84 Å². The van der Waals surface area contributed by atoms with Gasteiger partial charge in [-0.3, -0.25) is 4.79 Å². The first kappa shape index (κ1) is 22.5. The second-order valence-corrected chi connectivity index (χ2v) is 9.03. The Morgan fingerprint density at radius 2 is 1.65 bits per heavy atom. The second kappa shape index (κ2) is 10.7. The molecule has 3 rings (SSSR count). The van der Waals surface area contributed by atoms with Crippen LogP contribution in [0.25, 0.3) is 0 Å². The number of hydrogen-bond acceptors (Lipinski definition) is 4. The fourth-order valence-corrected chi connectivity index (χ4v) is 4.34. The van der Waals surface area contributed by atoms with Crippen molar-refractivity contribution in [2.45, 2.75) is 23.5 Å². The Hall–Kier alpha value is -3.19. The molecule has 31 heavy (non-hydrogen) atoms. The van der Waals surface area contributed by atoms with Gasteiger partial charge in [-0.25, -0.2) is 12.8 Å². The monoisotopic (exact) mass is 441 g/mol. The minimum atomic E-state index is -3.47. The van der Waals surface area contributed by atoms with Crippen molar-refractivity contribution in [2.24, 2.45) is 0 Å². The lowest BCUT2D eigenvalue weighted by atomic mass is 10.1. The number of hydrogen-bond donors (Lipinski definition) is 1. The number of halogens is 1. The third-order valence-electron chi connectivity index (χ3n) is 4.59. The molecule has 0 spiro atoms. The Labute approximate surface area is 181 Å². The fraction of sp³-hybridized carbons (Fsp3) is 0.208. The molecule has 1 N–H and O–H groups in total. The summed E-state index contributed by atoms with van der Waals surface area (Å²) in [5.41, 5.74) is 0.979. The maximum Gasteiger partial charge on any atom is 0.251 e. The molecule has 0 aliphatic carbocycles. The van der Waals surface area contributed by atoms with Gasteiger partial charge >= 0.3 is 0 Å². The molecule has 3 aromatic rings. The van der Waals surface area contributed by atoms with Crippen LogP contribution in [0.4, 0.5) is 4.39 Å². The molecule has 3 aromatic carbocycles. The quantitative estimate of drug-likeness (QED) is 0.474. The Morgan fingerprint density at radius 3 is 2.39 bits per heavy atom. The maximum atomic E-state index is 12.8. The summed E-state index contributed by atoms with van der Waals surface area (Å²) in [7, 11) is -3.47. The molecule has 0 radical (unpaired) electrons. The van der Waals surface area contributed by atoms with Crippen LogP contribution in [0.15, 0.2) is 83.8 Å². The van der Waals surface area contributed by atoms with E-state index >= 15 is 0 Å². The van der Waals surface area contributed by atoms with Crippen molar-refractivity contribution in [3.05, 3.63) is 95.8 Å². The smallest absolute Gasteiger partial charge is 0.251 e. The van der Waals surface area contributed by atoms with Gasteiger partial charge in [0.2, 0.25) is 0 Å². The summed E-state index contributed by atoms with van der Waals surface area (Å²) in [6.07, 6.45) is 1.45. The highest BCUT2D eigenvalue weighted by Crippen LogP contribution is 2.17. The topological polar surface area (TPSA) is 72.5 Å². The van der Waals surface area contributed by atoms with Gasteiger partial charge in [0.05, 0.1) is 17.3 Å². The van der Waals surface area contributed by atoms with Crippen molar-refractivity contribution in [2.75, 3.05) is 13.2 Å². The summed E-state index contributed by atoms with van der Waals surface area (Å²) in [6, 6.07) is 20.7. The van der Waals surface area contributed by atoms with E-state index in [1.54, 1.807) is 66.7 Å². The number of benzene rings is 3. The summed E-state index contributed by atoms with van der Waals surface area (Å²) in [5, 5.41) is 2.83. The predicted molar refractivity (Wildman–Crippen MR) is 117 cm³/mol. The van der Waals surface area contributed by atoms with E-state index in [1.165, 1.54) is 12.1 Å². The highest BCUT2D eigenvalue weighted by Gasteiger charge is 2.16. The Balaban J connectivity index is 1.45. The van der Waals surface area contributed by atoms with Crippen LogP contribution in [0.1, 0.15) is 28.8 Å². The Morgan fingerprint density at radius 1 is 0.903 bits per heavy atom. The summed E-state index contributed by atoms with van der Waals surface area (Å²) in [6.45, 7) is 0.937. The van der Waals surface area contributed by atoms with Crippen molar-refractivity contribution in [3.63, 3.8) is 0 Å². The first-order valence-electron chi connectivity index (χ1n) is 9.97. The minimum Gasteiger partial charge on any atom is -0.494 e. The van der Waals surface area contributed by atoms with Crippen molar-refractivity contribution >= 4 is 15.7 Å². The zero-order chi connectivity index (χ0) is 22.1. The standard InChI is InChI=1S/C24H24FNO4S/c25-21-11-13-22(14-12-21)30-16-5-4-15-26-24(27)20-8-6-7-19(17-20)18-31(28,29)23-9-2-1-3-10-23/h1-3,6-14,17H,4-5,15-16,18H2,(H,26,27). The van der Waals surface area contributed by atoms with Crippen LogP contribution in [0.2, 0.25) is 0 Å². The third kappa shape index (κ3) is 6.93. The zero-order valence-corrected chi connectivity index (χ0v) is 17.8. The molecule has 0 fully saturated rings. The predicted octanol–water partition coefficient (Wildman–Crippen LogP) is 4.39. The van der Waals surface area contributed by atoms with E-state index in [-0.39, 0.29) is 22.4 Å². The van der Waals surface area contributed by atoms with Crippen molar-refractivity contribution in [1.82, 2.24) is 5.32 Å². The number of rotatable bonds is 10. The van der Waals surface area contributed by atoms with Crippen LogP contribution >= 0.6 is 0 Å². The lowest BCUT2D eigenvalue weighted by Gasteiger charge is -2.09. The maximum absolute atomic E-state index is 12.8. The van der Waals surface area contributed by atoms with Gasteiger partial charge in [-0.15, -0.1) is 0 Å². The number of amides is 1. The Kier molecular flexibility index (Phi) is 7.78. The minimum absolute atomic E-state index is 0.168. The molecule has 0 saturated heterocycles. The Bertz CT molecular complexity index is 1100. The molecule has 0 saturated carbocycles. The molecule has 7 heteroatoms. The SMILES string of the molecule is O=C(NCCCCOc1ccc(F)cc1)c1cccc(CS(=O)(=O)c2ccccc2)c1. The van der Waals surface area contributed by atoms with Crippen LogP contribution in [-0.4, -0.2) is 27.5 Å². The van der Waals surface area contributed by atoms with E-state index in [0.717, 1.165) is 12.8 Å². The molecule has 0 atom stereocenters. The largest absolute Gasteiger partial charge is 0.494 e. The average molecular weight is 442 g/mol. The molecule has 0 aromatic heterocycles. The number of carbonyl (C=O) groups excluding carboxylic acids is 1. The van der Waals surface area contributed by atoms with E-state index in [9.17, 15) is 17.6 Å². The van der Waals surface area contributed by atoms with Gasteiger partial charge < -0.3 is 10.1 Å². The molecular formula is C24H24FNO4S. The molecule has 5 nitrogen and oxygen atoms in total. The molecule has 162 valence electrons. The summed E-state index contributed by atoms with van der Waals surface area (Å²) >= 11 is 0. The normalized spacial score (nSPS) is 11.1.